The van der Waals surface area contributed by atoms with Gasteiger partial charge < -0.3 is 4.74 Å². The molecule has 8 nitrogen and oxygen atoms in total. The van der Waals surface area contributed by atoms with Gasteiger partial charge in [0.2, 0.25) is 11.5 Å². The zero-order valence-electron chi connectivity index (χ0n) is 12.3. The maximum atomic E-state index is 12.7. The second-order valence-corrected chi connectivity index (χ2v) is 5.07. The van der Waals surface area contributed by atoms with Gasteiger partial charge in [-0.3, -0.25) is 25.0 Å². The molecule has 0 radical (unpaired) electrons. The predicted octanol–water partition coefficient (Wildman–Crippen LogP) is 4.69. The molecule has 0 fully saturated rings. The average molecular weight is 391 g/mol. The topological polar surface area (TPSA) is 113 Å². The molecule has 0 amide bonds. The first-order valence-corrected chi connectivity index (χ1v) is 6.91. The second kappa shape index (κ2) is 6.96. The van der Waals surface area contributed by atoms with Crippen molar-refractivity contribution in [3.63, 3.8) is 0 Å². The lowest BCUT2D eigenvalue weighted by Gasteiger charge is -2.10. The lowest BCUT2D eigenvalue weighted by Crippen LogP contribution is -2.06. The summed E-state index contributed by atoms with van der Waals surface area (Å²) in [5, 5.41) is 21.0. The van der Waals surface area contributed by atoms with Crippen LogP contribution >= 0.6 is 11.6 Å². The SMILES string of the molecule is O=C(Cl)c1cccc(Oc2ccc(C(F)(F)F)cc2[N+](=O)[O-])c1[N+](=O)[O-]. The molecule has 2 rings (SSSR count). The molecule has 2 aromatic carbocycles. The molecule has 0 atom stereocenters. The molecule has 0 saturated heterocycles. The number of para-hydroxylation sites is 1. The van der Waals surface area contributed by atoms with Crippen LogP contribution in [0.1, 0.15) is 15.9 Å². The molecule has 12 heteroatoms. The fraction of sp³-hybridized carbons (Fsp3) is 0.0714. The zero-order valence-corrected chi connectivity index (χ0v) is 13.1. The molecule has 0 aliphatic carbocycles. The van der Waals surface area contributed by atoms with Gasteiger partial charge in [0.1, 0.15) is 5.56 Å². The molecule has 0 saturated carbocycles. The number of nitro groups is 2. The molecule has 0 aliphatic rings. The molecule has 2 aromatic rings. The van der Waals surface area contributed by atoms with Gasteiger partial charge in [0.05, 0.1) is 15.4 Å². The van der Waals surface area contributed by atoms with Crippen LogP contribution in [0, 0.1) is 20.2 Å². The fourth-order valence-electron chi connectivity index (χ4n) is 1.99. The van der Waals surface area contributed by atoms with Crippen molar-refractivity contribution in [1.82, 2.24) is 0 Å². The number of carbonyl (C=O) groups excluding carboxylic acids is 1. The Hall–Kier alpha value is -3.21. The predicted molar refractivity (Wildman–Crippen MR) is 81.5 cm³/mol. The number of rotatable bonds is 5. The summed E-state index contributed by atoms with van der Waals surface area (Å²) >= 11 is 5.25. The Morgan fingerprint density at radius 2 is 1.69 bits per heavy atom. The van der Waals surface area contributed by atoms with Crippen LogP contribution in [-0.2, 0) is 6.18 Å². The van der Waals surface area contributed by atoms with Gasteiger partial charge in [-0.15, -0.1) is 0 Å². The highest BCUT2D eigenvalue weighted by Gasteiger charge is 2.34. The maximum absolute atomic E-state index is 12.7. The summed E-state index contributed by atoms with van der Waals surface area (Å²) < 4.78 is 43.2. The van der Waals surface area contributed by atoms with Gasteiger partial charge in [0, 0.05) is 6.07 Å². The van der Waals surface area contributed by atoms with E-state index in [0.29, 0.717) is 12.1 Å². The van der Waals surface area contributed by atoms with Crippen molar-refractivity contribution in [2.75, 3.05) is 0 Å². The first-order chi connectivity index (χ1) is 12.0. The molecular weight excluding hydrogens is 385 g/mol. The lowest BCUT2D eigenvalue weighted by atomic mass is 10.1. The first-order valence-electron chi connectivity index (χ1n) is 6.53. The summed E-state index contributed by atoms with van der Waals surface area (Å²) in [5.41, 5.74) is -3.77. The van der Waals surface area contributed by atoms with Crippen molar-refractivity contribution in [3.8, 4) is 11.5 Å². The Bertz CT molecular complexity index is 916. The van der Waals surface area contributed by atoms with Gasteiger partial charge in [-0.25, -0.2) is 0 Å². The van der Waals surface area contributed by atoms with Crippen LogP contribution in [0.4, 0.5) is 24.5 Å². The number of alkyl halides is 3. The van der Waals surface area contributed by atoms with Gasteiger partial charge in [0.25, 0.3) is 5.24 Å². The highest BCUT2D eigenvalue weighted by Crippen LogP contribution is 2.41. The van der Waals surface area contributed by atoms with Crippen molar-refractivity contribution >= 4 is 28.2 Å². The quantitative estimate of drug-likeness (QED) is 0.415. The van der Waals surface area contributed by atoms with E-state index in [9.17, 15) is 38.2 Å². The molecule has 0 N–H and O–H groups in total. The minimum Gasteiger partial charge on any atom is -0.443 e. The minimum atomic E-state index is -4.83. The first kappa shape index (κ1) is 19.1. The second-order valence-electron chi connectivity index (χ2n) is 4.72. The van der Waals surface area contributed by atoms with Crippen LogP contribution in [0.2, 0.25) is 0 Å². The largest absolute Gasteiger partial charge is 0.443 e. The van der Waals surface area contributed by atoms with E-state index in [1.165, 1.54) is 0 Å². The number of halogens is 4. The van der Waals surface area contributed by atoms with E-state index in [1.54, 1.807) is 0 Å². The van der Waals surface area contributed by atoms with E-state index in [-0.39, 0.29) is 6.07 Å². The standard InChI is InChI=1S/C14H6ClF3N2O6/c15-13(21)8-2-1-3-11(12(8)20(24)25)26-10-5-4-7(14(16,17)18)6-9(10)19(22)23/h1-6H. The summed E-state index contributed by atoms with van der Waals surface area (Å²) in [6, 6.07) is 4.61. The Labute approximate surface area is 147 Å². The molecule has 0 bridgehead atoms. The van der Waals surface area contributed by atoms with Crippen LogP contribution < -0.4 is 4.74 Å². The zero-order chi connectivity index (χ0) is 19.6. The van der Waals surface area contributed by atoms with Crippen LogP contribution in [0.25, 0.3) is 0 Å². The molecule has 26 heavy (non-hydrogen) atoms. The number of benzene rings is 2. The normalized spacial score (nSPS) is 11.1. The third-order valence-corrected chi connectivity index (χ3v) is 3.30. The van der Waals surface area contributed by atoms with Crippen molar-refractivity contribution in [2.24, 2.45) is 0 Å². The smallest absolute Gasteiger partial charge is 0.416 e. The van der Waals surface area contributed by atoms with Gasteiger partial charge >= 0.3 is 17.6 Å². The van der Waals surface area contributed by atoms with Crippen LogP contribution in [0.15, 0.2) is 36.4 Å². The molecule has 136 valence electrons. The number of hydrogen-bond donors (Lipinski definition) is 0. The number of carbonyl (C=O) groups is 1. The van der Waals surface area contributed by atoms with E-state index < -0.39 is 55.3 Å². The molecule has 0 heterocycles. The molecule has 0 unspecified atom stereocenters. The molecule has 0 aromatic heterocycles. The third kappa shape index (κ3) is 3.88. The average Bonchev–Trinajstić information content (AvgIpc) is 2.53. The van der Waals surface area contributed by atoms with Crippen molar-refractivity contribution in [1.29, 1.82) is 0 Å². The number of hydrogen-bond acceptors (Lipinski definition) is 6. The van der Waals surface area contributed by atoms with E-state index in [4.69, 9.17) is 16.3 Å². The molecule has 0 aliphatic heterocycles. The summed E-state index contributed by atoms with van der Waals surface area (Å²) in [6.45, 7) is 0. The maximum Gasteiger partial charge on any atom is 0.416 e. The monoisotopic (exact) mass is 390 g/mol. The van der Waals surface area contributed by atoms with Crippen LogP contribution in [0.3, 0.4) is 0 Å². The van der Waals surface area contributed by atoms with Gasteiger partial charge in [-0.1, -0.05) is 6.07 Å². The Kier molecular flexibility index (Phi) is 5.12. The number of ether oxygens (including phenoxy) is 1. The summed E-state index contributed by atoms with van der Waals surface area (Å²) in [7, 11) is 0. The molecular formula is C14H6ClF3N2O6. The third-order valence-electron chi connectivity index (χ3n) is 3.10. The van der Waals surface area contributed by atoms with E-state index in [2.05, 4.69) is 0 Å². The summed E-state index contributed by atoms with van der Waals surface area (Å²) in [6.07, 6.45) is -4.83. The summed E-state index contributed by atoms with van der Waals surface area (Å²) in [4.78, 5) is 31.4. The van der Waals surface area contributed by atoms with Gasteiger partial charge in [0.15, 0.2) is 0 Å². The van der Waals surface area contributed by atoms with Crippen LogP contribution in [0.5, 0.6) is 11.5 Å². The van der Waals surface area contributed by atoms with Crippen molar-refractivity contribution in [2.45, 2.75) is 6.18 Å². The van der Waals surface area contributed by atoms with Gasteiger partial charge in [-0.2, -0.15) is 13.2 Å². The van der Waals surface area contributed by atoms with Crippen molar-refractivity contribution < 1.29 is 32.5 Å². The highest BCUT2D eigenvalue weighted by atomic mass is 35.5. The van der Waals surface area contributed by atoms with E-state index in [0.717, 1.165) is 18.2 Å². The molecule has 0 spiro atoms. The Morgan fingerprint density at radius 3 is 2.19 bits per heavy atom. The Morgan fingerprint density at radius 1 is 1.04 bits per heavy atom. The van der Waals surface area contributed by atoms with E-state index in [1.807, 2.05) is 0 Å². The fourth-order valence-corrected chi connectivity index (χ4v) is 2.15. The lowest BCUT2D eigenvalue weighted by molar-refractivity contribution is -0.387. The number of nitro benzene ring substituents is 2. The Balaban J connectivity index is 2.59. The van der Waals surface area contributed by atoms with Crippen LogP contribution in [-0.4, -0.2) is 15.1 Å². The van der Waals surface area contributed by atoms with E-state index >= 15 is 0 Å². The van der Waals surface area contributed by atoms with Gasteiger partial charge in [-0.05, 0) is 35.9 Å². The summed E-state index contributed by atoms with van der Waals surface area (Å²) in [5.74, 6) is -1.27. The highest BCUT2D eigenvalue weighted by molar-refractivity contribution is 6.68. The number of nitrogens with zero attached hydrogens (tertiary/aromatic N) is 2. The van der Waals surface area contributed by atoms with Crippen molar-refractivity contribution in [3.05, 3.63) is 67.8 Å². The minimum absolute atomic E-state index is 0.234.